The van der Waals surface area contributed by atoms with Gasteiger partial charge in [0.25, 0.3) is 0 Å². The summed E-state index contributed by atoms with van der Waals surface area (Å²) in [7, 11) is -3.31. The maximum atomic E-state index is 11.2. The highest BCUT2D eigenvalue weighted by Crippen LogP contribution is 2.26. The predicted octanol–water partition coefficient (Wildman–Crippen LogP) is 2.55. The second kappa shape index (κ2) is 6.65. The van der Waals surface area contributed by atoms with Crippen molar-refractivity contribution in [2.24, 2.45) is 5.92 Å². The number of hydrogen-bond donors (Lipinski definition) is 2. The lowest BCUT2D eigenvalue weighted by Crippen LogP contribution is -2.22. The Kier molecular flexibility index (Phi) is 5.12. The zero-order valence-corrected chi connectivity index (χ0v) is 12.9. The van der Waals surface area contributed by atoms with Crippen LogP contribution in [0.15, 0.2) is 18.2 Å². The lowest BCUT2D eigenvalue weighted by molar-refractivity contribution is 0.0699. The van der Waals surface area contributed by atoms with E-state index in [1.54, 1.807) is 12.1 Å². The van der Waals surface area contributed by atoms with E-state index < -0.39 is 10.0 Å². The fourth-order valence-corrected chi connectivity index (χ4v) is 2.98. The van der Waals surface area contributed by atoms with Crippen molar-refractivity contribution < 1.29 is 13.2 Å². The largest absolute Gasteiger partial charge is 0.385 e. The van der Waals surface area contributed by atoms with Crippen LogP contribution in [0.4, 0.5) is 11.4 Å². The summed E-state index contributed by atoms with van der Waals surface area (Å²) in [4.78, 5) is 0. The van der Waals surface area contributed by atoms with Gasteiger partial charge in [-0.3, -0.25) is 4.72 Å². The molecule has 0 saturated carbocycles. The Bertz CT molecular complexity index is 557. The lowest BCUT2D eigenvalue weighted by Gasteiger charge is -2.22. The molecule has 5 nitrogen and oxygen atoms in total. The standard InChI is InChI=1S/C13H19ClN2O3S/c1-20(17,18)16-13-3-2-11(8-12(13)14)15-9-10-4-6-19-7-5-10/h2-3,8,10,15-16H,4-7,9H2,1H3. The molecule has 0 amide bonds. The van der Waals surface area contributed by atoms with E-state index in [1.165, 1.54) is 0 Å². The van der Waals surface area contributed by atoms with Gasteiger partial charge < -0.3 is 10.1 Å². The average molecular weight is 319 g/mol. The normalized spacial score (nSPS) is 16.9. The Morgan fingerprint density at radius 1 is 1.35 bits per heavy atom. The molecule has 0 spiro atoms. The molecule has 1 aromatic carbocycles. The Morgan fingerprint density at radius 3 is 2.65 bits per heavy atom. The molecule has 0 radical (unpaired) electrons. The van der Waals surface area contributed by atoms with E-state index in [2.05, 4.69) is 10.0 Å². The van der Waals surface area contributed by atoms with Crippen LogP contribution < -0.4 is 10.0 Å². The Morgan fingerprint density at radius 2 is 2.05 bits per heavy atom. The van der Waals surface area contributed by atoms with Crippen molar-refractivity contribution in [3.05, 3.63) is 23.2 Å². The highest BCUT2D eigenvalue weighted by atomic mass is 35.5. The molecule has 1 aromatic rings. The maximum Gasteiger partial charge on any atom is 0.229 e. The van der Waals surface area contributed by atoms with E-state index in [0.717, 1.165) is 44.5 Å². The number of rotatable bonds is 5. The smallest absolute Gasteiger partial charge is 0.229 e. The first kappa shape index (κ1) is 15.4. The van der Waals surface area contributed by atoms with Crippen LogP contribution in [0.2, 0.25) is 5.02 Å². The molecule has 1 fully saturated rings. The molecule has 2 N–H and O–H groups in total. The zero-order chi connectivity index (χ0) is 14.6. The van der Waals surface area contributed by atoms with Crippen LogP contribution >= 0.6 is 11.6 Å². The first-order valence-corrected chi connectivity index (χ1v) is 8.80. The molecule has 1 aliphatic rings. The predicted molar refractivity (Wildman–Crippen MR) is 82.0 cm³/mol. The van der Waals surface area contributed by atoms with Gasteiger partial charge in [-0.1, -0.05) is 11.6 Å². The van der Waals surface area contributed by atoms with Gasteiger partial charge in [0.15, 0.2) is 0 Å². The number of anilines is 2. The number of nitrogens with one attached hydrogen (secondary N) is 2. The van der Waals surface area contributed by atoms with Crippen molar-refractivity contribution in [1.82, 2.24) is 0 Å². The number of benzene rings is 1. The minimum absolute atomic E-state index is 0.382. The van der Waals surface area contributed by atoms with Gasteiger partial charge in [0.05, 0.1) is 17.0 Å². The fourth-order valence-electron chi connectivity index (χ4n) is 2.12. The van der Waals surface area contributed by atoms with Crippen molar-refractivity contribution in [2.45, 2.75) is 12.8 Å². The molecule has 1 saturated heterocycles. The zero-order valence-electron chi connectivity index (χ0n) is 11.4. The monoisotopic (exact) mass is 318 g/mol. The number of hydrogen-bond acceptors (Lipinski definition) is 4. The molecule has 1 aliphatic heterocycles. The summed E-state index contributed by atoms with van der Waals surface area (Å²) in [5, 5.41) is 3.71. The highest BCUT2D eigenvalue weighted by molar-refractivity contribution is 7.92. The van der Waals surface area contributed by atoms with Crippen LogP contribution in [-0.2, 0) is 14.8 Å². The molecule has 0 bridgehead atoms. The summed E-state index contributed by atoms with van der Waals surface area (Å²) in [5.74, 6) is 0.608. The Balaban J connectivity index is 1.94. The number of halogens is 1. The Labute approximate surface area is 124 Å². The van der Waals surface area contributed by atoms with Crippen LogP contribution in [0.1, 0.15) is 12.8 Å². The second-order valence-electron chi connectivity index (χ2n) is 5.01. The fraction of sp³-hybridized carbons (Fsp3) is 0.538. The van der Waals surface area contributed by atoms with Gasteiger partial charge in [-0.15, -0.1) is 0 Å². The quantitative estimate of drug-likeness (QED) is 0.875. The van der Waals surface area contributed by atoms with E-state index in [4.69, 9.17) is 16.3 Å². The summed E-state index contributed by atoms with van der Waals surface area (Å²) in [6.07, 6.45) is 3.23. The first-order chi connectivity index (χ1) is 9.44. The first-order valence-electron chi connectivity index (χ1n) is 6.53. The van der Waals surface area contributed by atoms with Crippen LogP contribution in [0.25, 0.3) is 0 Å². The summed E-state index contributed by atoms with van der Waals surface area (Å²) < 4.78 is 30.0. The van der Waals surface area contributed by atoms with Crippen molar-refractivity contribution in [3.8, 4) is 0 Å². The summed E-state index contributed by atoms with van der Waals surface area (Å²) in [6.45, 7) is 2.52. The van der Waals surface area contributed by atoms with Gasteiger partial charge in [-0.25, -0.2) is 8.42 Å². The molecule has 112 valence electrons. The third-order valence-electron chi connectivity index (χ3n) is 3.20. The van der Waals surface area contributed by atoms with E-state index in [-0.39, 0.29) is 0 Å². The van der Waals surface area contributed by atoms with Crippen molar-refractivity contribution in [2.75, 3.05) is 36.1 Å². The number of sulfonamides is 1. The van der Waals surface area contributed by atoms with Crippen LogP contribution in [0, 0.1) is 5.92 Å². The van der Waals surface area contributed by atoms with E-state index in [1.807, 2.05) is 6.07 Å². The second-order valence-corrected chi connectivity index (χ2v) is 7.16. The minimum atomic E-state index is -3.31. The molecule has 7 heteroatoms. The van der Waals surface area contributed by atoms with Gasteiger partial charge >= 0.3 is 0 Å². The van der Waals surface area contributed by atoms with Crippen molar-refractivity contribution in [1.29, 1.82) is 0 Å². The van der Waals surface area contributed by atoms with Gasteiger partial charge in [-0.05, 0) is 37.0 Å². The SMILES string of the molecule is CS(=O)(=O)Nc1ccc(NCC2CCOCC2)cc1Cl. The van der Waals surface area contributed by atoms with Crippen molar-refractivity contribution >= 4 is 33.0 Å². The average Bonchev–Trinajstić information content (AvgIpc) is 2.39. The van der Waals surface area contributed by atoms with Gasteiger partial charge in [0.1, 0.15) is 0 Å². The van der Waals surface area contributed by atoms with E-state index in [9.17, 15) is 8.42 Å². The number of ether oxygens (including phenoxy) is 1. The summed E-state index contributed by atoms with van der Waals surface area (Å²) in [6, 6.07) is 5.21. The third kappa shape index (κ3) is 4.85. The minimum Gasteiger partial charge on any atom is -0.385 e. The lowest BCUT2D eigenvalue weighted by atomic mass is 10.0. The summed E-state index contributed by atoms with van der Waals surface area (Å²) >= 11 is 6.07. The van der Waals surface area contributed by atoms with Gasteiger partial charge in [0.2, 0.25) is 10.0 Å². The molecule has 20 heavy (non-hydrogen) atoms. The van der Waals surface area contributed by atoms with E-state index in [0.29, 0.717) is 16.6 Å². The summed E-state index contributed by atoms with van der Waals surface area (Å²) in [5.41, 5.74) is 1.28. The van der Waals surface area contributed by atoms with Crippen LogP contribution in [-0.4, -0.2) is 34.4 Å². The highest BCUT2D eigenvalue weighted by Gasteiger charge is 2.13. The van der Waals surface area contributed by atoms with Crippen LogP contribution in [0.3, 0.4) is 0 Å². The van der Waals surface area contributed by atoms with E-state index >= 15 is 0 Å². The molecule has 0 aliphatic carbocycles. The molecule has 0 unspecified atom stereocenters. The molecule has 1 heterocycles. The third-order valence-corrected chi connectivity index (χ3v) is 4.10. The van der Waals surface area contributed by atoms with Gasteiger partial charge in [0, 0.05) is 25.4 Å². The molecule has 2 rings (SSSR count). The van der Waals surface area contributed by atoms with Crippen molar-refractivity contribution in [3.63, 3.8) is 0 Å². The molecule has 0 atom stereocenters. The molecular formula is C13H19ClN2O3S. The van der Waals surface area contributed by atoms with Crippen LogP contribution in [0.5, 0.6) is 0 Å². The van der Waals surface area contributed by atoms with Gasteiger partial charge in [-0.2, -0.15) is 0 Å². The topological polar surface area (TPSA) is 67.4 Å². The Hall–Kier alpha value is -0.980. The molecule has 0 aromatic heterocycles. The maximum absolute atomic E-state index is 11.2. The molecular weight excluding hydrogens is 300 g/mol.